The maximum atomic E-state index is 14.3. The van der Waals surface area contributed by atoms with Gasteiger partial charge in [0.15, 0.2) is 0 Å². The average molecular weight is 546 g/mol. The molecule has 0 unspecified atom stereocenters. The van der Waals surface area contributed by atoms with Gasteiger partial charge in [-0.1, -0.05) is 0 Å². The Morgan fingerprint density at radius 3 is 1.97 bits per heavy atom. The number of halogens is 10. The Labute approximate surface area is 206 Å². The quantitative estimate of drug-likeness (QED) is 0.152. The highest BCUT2D eigenvalue weighted by Crippen LogP contribution is 2.45. The molecule has 0 atom stereocenters. The Bertz CT molecular complexity index is 1760. The highest BCUT2D eigenvalue weighted by atomic mass is 19.4. The monoisotopic (exact) mass is 546 g/mol. The van der Waals surface area contributed by atoms with Crippen molar-refractivity contribution in [3.63, 3.8) is 0 Å². The third-order valence-corrected chi connectivity index (χ3v) is 6.48. The summed E-state index contributed by atoms with van der Waals surface area (Å²) < 4.78 is 143. The van der Waals surface area contributed by atoms with E-state index < -0.39 is 46.6 Å². The Balaban J connectivity index is 1.88. The summed E-state index contributed by atoms with van der Waals surface area (Å²) in [5.74, 6) is -1.68. The second-order valence-corrected chi connectivity index (χ2v) is 8.78. The number of aromatic nitrogens is 1. The number of rotatable bonds is 1. The predicted octanol–water partition coefficient (Wildman–Crippen LogP) is 8.73. The number of benzene rings is 3. The van der Waals surface area contributed by atoms with Crippen LogP contribution >= 0.6 is 0 Å². The molecule has 0 aliphatic heterocycles. The van der Waals surface area contributed by atoms with E-state index in [1.54, 1.807) is 0 Å². The smallest absolute Gasteiger partial charge is 0.419 e. The van der Waals surface area contributed by atoms with E-state index in [1.165, 1.54) is 23.7 Å². The van der Waals surface area contributed by atoms with E-state index in [0.29, 0.717) is 18.2 Å². The fourth-order valence-electron chi connectivity index (χ4n) is 4.67. The van der Waals surface area contributed by atoms with E-state index in [9.17, 15) is 43.9 Å². The third-order valence-electron chi connectivity index (χ3n) is 6.48. The third kappa shape index (κ3) is 4.02. The zero-order valence-electron chi connectivity index (χ0n) is 19.3. The molecule has 3 aromatic carbocycles. The van der Waals surface area contributed by atoms with E-state index in [1.807, 2.05) is 0 Å². The van der Waals surface area contributed by atoms with Crippen LogP contribution in [0.2, 0.25) is 0 Å². The van der Waals surface area contributed by atoms with Gasteiger partial charge in [-0.25, -0.2) is 4.39 Å². The SMILES string of the molecule is Cc1c(C(F)(F)F)cc2c(oc3cc(C(F)(F)F)c(F)cc32)c1-c1ccc2cc(C(F)(F)F)ccc2[n+]1C. The lowest BCUT2D eigenvalue weighted by atomic mass is 9.94. The second-order valence-electron chi connectivity index (χ2n) is 8.78. The summed E-state index contributed by atoms with van der Waals surface area (Å²) in [5, 5.41) is -0.419. The van der Waals surface area contributed by atoms with Gasteiger partial charge >= 0.3 is 18.5 Å². The van der Waals surface area contributed by atoms with Crippen LogP contribution in [0.25, 0.3) is 44.1 Å². The van der Waals surface area contributed by atoms with Crippen LogP contribution in [-0.4, -0.2) is 0 Å². The van der Waals surface area contributed by atoms with Crippen LogP contribution in [-0.2, 0) is 25.6 Å². The molecule has 2 nitrogen and oxygen atoms in total. The van der Waals surface area contributed by atoms with Crippen molar-refractivity contribution < 1.29 is 52.9 Å². The summed E-state index contributed by atoms with van der Waals surface area (Å²) >= 11 is 0. The first-order chi connectivity index (χ1) is 17.5. The van der Waals surface area contributed by atoms with Gasteiger partial charge in [0.1, 0.15) is 24.0 Å². The molecule has 0 saturated carbocycles. The van der Waals surface area contributed by atoms with Crippen LogP contribution < -0.4 is 4.57 Å². The molecule has 0 N–H and O–H groups in total. The van der Waals surface area contributed by atoms with E-state index in [2.05, 4.69) is 0 Å². The van der Waals surface area contributed by atoms with Crippen molar-refractivity contribution in [3.05, 3.63) is 76.6 Å². The van der Waals surface area contributed by atoms with Crippen molar-refractivity contribution in [2.75, 3.05) is 0 Å². The lowest BCUT2D eigenvalue weighted by Crippen LogP contribution is -2.32. The Hall–Kier alpha value is -3.83. The molecule has 198 valence electrons. The van der Waals surface area contributed by atoms with Crippen molar-refractivity contribution in [3.8, 4) is 11.3 Å². The largest absolute Gasteiger partial charge is 0.455 e. The zero-order chi connectivity index (χ0) is 27.9. The number of hydrogen-bond donors (Lipinski definition) is 0. The first-order valence-electron chi connectivity index (χ1n) is 10.8. The number of fused-ring (bicyclic) bond motifs is 4. The normalized spacial score (nSPS) is 13.3. The first kappa shape index (κ1) is 25.8. The minimum absolute atomic E-state index is 0.0847. The lowest BCUT2D eigenvalue weighted by molar-refractivity contribution is -0.633. The van der Waals surface area contributed by atoms with Crippen LogP contribution in [0, 0.1) is 12.7 Å². The van der Waals surface area contributed by atoms with Crippen LogP contribution in [0.3, 0.4) is 0 Å². The predicted molar refractivity (Wildman–Crippen MR) is 118 cm³/mol. The van der Waals surface area contributed by atoms with Gasteiger partial charge in [0.25, 0.3) is 0 Å². The number of aryl methyl sites for hydroxylation is 1. The van der Waals surface area contributed by atoms with Gasteiger partial charge in [0.2, 0.25) is 11.2 Å². The van der Waals surface area contributed by atoms with Crippen LogP contribution in [0.5, 0.6) is 0 Å². The van der Waals surface area contributed by atoms with Gasteiger partial charge in [-0.2, -0.15) is 44.1 Å². The van der Waals surface area contributed by atoms with Crippen molar-refractivity contribution in [1.29, 1.82) is 0 Å². The molecule has 0 fully saturated rings. The molecule has 38 heavy (non-hydrogen) atoms. The second kappa shape index (κ2) is 8.08. The minimum Gasteiger partial charge on any atom is -0.455 e. The number of nitrogens with zero attached hydrogens (tertiary/aromatic N) is 1. The maximum absolute atomic E-state index is 14.3. The molecule has 0 aliphatic carbocycles. The molecule has 0 amide bonds. The summed E-state index contributed by atoms with van der Waals surface area (Å²) in [7, 11) is 1.42. The van der Waals surface area contributed by atoms with Crippen molar-refractivity contribution in [2.45, 2.75) is 25.5 Å². The number of pyridine rings is 1. The van der Waals surface area contributed by atoms with Crippen LogP contribution in [0.4, 0.5) is 43.9 Å². The average Bonchev–Trinajstić information content (AvgIpc) is 3.14. The van der Waals surface area contributed by atoms with E-state index in [0.717, 1.165) is 25.1 Å². The molecular formula is C26H14F10NO+. The first-order valence-corrected chi connectivity index (χ1v) is 10.8. The van der Waals surface area contributed by atoms with Gasteiger partial charge in [0.05, 0.1) is 22.3 Å². The molecule has 0 spiro atoms. The number of alkyl halides is 9. The molecule has 0 bridgehead atoms. The van der Waals surface area contributed by atoms with Crippen molar-refractivity contribution in [2.24, 2.45) is 7.05 Å². The van der Waals surface area contributed by atoms with E-state index in [4.69, 9.17) is 4.42 Å². The summed E-state index contributed by atoms with van der Waals surface area (Å²) in [5.41, 5.74) is -4.56. The van der Waals surface area contributed by atoms with E-state index in [-0.39, 0.29) is 44.1 Å². The summed E-state index contributed by atoms with van der Waals surface area (Å²) in [4.78, 5) is 0. The van der Waals surface area contributed by atoms with Gasteiger partial charge in [-0.15, -0.1) is 0 Å². The van der Waals surface area contributed by atoms with Gasteiger partial charge < -0.3 is 4.42 Å². The molecule has 5 aromatic rings. The minimum atomic E-state index is -5.08. The summed E-state index contributed by atoms with van der Waals surface area (Å²) in [6.07, 6.45) is -14.6. The fraction of sp³-hybridized carbons (Fsp3) is 0.192. The maximum Gasteiger partial charge on any atom is 0.419 e. The highest BCUT2D eigenvalue weighted by molar-refractivity contribution is 6.10. The summed E-state index contributed by atoms with van der Waals surface area (Å²) in [6.45, 7) is 1.14. The molecule has 0 aliphatic rings. The van der Waals surface area contributed by atoms with Gasteiger partial charge in [-0.3, -0.25) is 0 Å². The lowest BCUT2D eigenvalue weighted by Gasteiger charge is -2.15. The molecule has 0 saturated heterocycles. The van der Waals surface area contributed by atoms with Crippen molar-refractivity contribution >= 4 is 32.8 Å². The number of furan rings is 1. The molecular weight excluding hydrogens is 532 g/mol. The van der Waals surface area contributed by atoms with Gasteiger partial charge in [-0.05, 0) is 48.9 Å². The molecule has 12 heteroatoms. The molecule has 0 radical (unpaired) electrons. The highest BCUT2D eigenvalue weighted by Gasteiger charge is 2.39. The number of hydrogen-bond acceptors (Lipinski definition) is 1. The van der Waals surface area contributed by atoms with E-state index >= 15 is 0 Å². The molecule has 5 rings (SSSR count). The topological polar surface area (TPSA) is 17.0 Å². The summed E-state index contributed by atoms with van der Waals surface area (Å²) in [6, 6.07) is 6.99. The Kier molecular flexibility index (Phi) is 5.49. The fourth-order valence-corrected chi connectivity index (χ4v) is 4.67. The Morgan fingerprint density at radius 1 is 0.711 bits per heavy atom. The van der Waals surface area contributed by atoms with Crippen LogP contribution in [0.1, 0.15) is 22.3 Å². The van der Waals surface area contributed by atoms with Gasteiger partial charge in [0, 0.05) is 28.3 Å². The molecule has 2 heterocycles. The standard InChI is InChI=1S/C26H14F10NO/c1-11-16(25(31,32)33)8-15-14-9-18(27)17(26(34,35)36)10-21(14)38-23(15)22(11)20-5-3-12-7-13(24(28,29)30)4-6-19(12)37(20)2/h3-10H,1-2H3/q+1. The molecule has 2 aromatic heterocycles. The Morgan fingerprint density at radius 2 is 1.37 bits per heavy atom. The van der Waals surface area contributed by atoms with Crippen LogP contribution in [0.15, 0.2) is 52.9 Å². The zero-order valence-corrected chi connectivity index (χ0v) is 19.3. The van der Waals surface area contributed by atoms with Crippen molar-refractivity contribution in [1.82, 2.24) is 0 Å².